The van der Waals surface area contributed by atoms with Crippen LogP contribution in [-0.2, 0) is 0 Å². The van der Waals surface area contributed by atoms with Gasteiger partial charge in [0.2, 0.25) is 0 Å². The van der Waals surface area contributed by atoms with Crippen molar-refractivity contribution >= 4 is 12.4 Å². The van der Waals surface area contributed by atoms with Crippen molar-refractivity contribution in [3.8, 4) is 0 Å². The summed E-state index contributed by atoms with van der Waals surface area (Å²) in [5.41, 5.74) is 6.81. The standard InChI is InChI=1S/C9H10FN.ClH/c10-7-3-1-6(2-4-7)8-5-9(8)11;/h1-4,8-9H,5,11H2;1H/t8-,9+;/m0./s1. The summed E-state index contributed by atoms with van der Waals surface area (Å²) in [6.45, 7) is 0. The number of nitrogens with two attached hydrogens (primary N) is 1. The molecule has 0 radical (unpaired) electrons. The summed E-state index contributed by atoms with van der Waals surface area (Å²) in [7, 11) is 0. The maximum Gasteiger partial charge on any atom is 0.123 e. The van der Waals surface area contributed by atoms with Gasteiger partial charge in [-0.3, -0.25) is 0 Å². The Morgan fingerprint density at radius 3 is 2.17 bits per heavy atom. The first kappa shape index (κ1) is 9.49. The van der Waals surface area contributed by atoms with Crippen LogP contribution in [-0.4, -0.2) is 6.04 Å². The van der Waals surface area contributed by atoms with E-state index < -0.39 is 0 Å². The first-order chi connectivity index (χ1) is 5.27. The largest absolute Gasteiger partial charge is 0.327 e. The highest BCUT2D eigenvalue weighted by Crippen LogP contribution is 2.38. The monoisotopic (exact) mass is 187 g/mol. The van der Waals surface area contributed by atoms with E-state index in [0.717, 1.165) is 6.42 Å². The highest BCUT2D eigenvalue weighted by molar-refractivity contribution is 5.85. The van der Waals surface area contributed by atoms with E-state index in [1.807, 2.05) is 12.1 Å². The molecule has 3 heteroatoms. The second-order valence-corrected chi connectivity index (χ2v) is 3.06. The lowest BCUT2D eigenvalue weighted by atomic mass is 10.1. The van der Waals surface area contributed by atoms with E-state index in [4.69, 9.17) is 5.73 Å². The summed E-state index contributed by atoms with van der Waals surface area (Å²) < 4.78 is 12.4. The summed E-state index contributed by atoms with van der Waals surface area (Å²) in [5, 5.41) is 0. The molecule has 0 aromatic heterocycles. The molecule has 1 aromatic carbocycles. The molecular formula is C9H11ClFN. The summed E-state index contributed by atoms with van der Waals surface area (Å²) >= 11 is 0. The Morgan fingerprint density at radius 1 is 1.25 bits per heavy atom. The molecule has 1 aliphatic carbocycles. The van der Waals surface area contributed by atoms with Gasteiger partial charge in [0.1, 0.15) is 5.82 Å². The second kappa shape index (κ2) is 3.42. The number of benzene rings is 1. The molecule has 2 atom stereocenters. The highest BCUT2D eigenvalue weighted by Gasteiger charge is 2.34. The van der Waals surface area contributed by atoms with Crippen LogP contribution >= 0.6 is 12.4 Å². The minimum Gasteiger partial charge on any atom is -0.327 e. The molecule has 0 spiro atoms. The van der Waals surface area contributed by atoms with Gasteiger partial charge in [-0.05, 0) is 24.1 Å². The summed E-state index contributed by atoms with van der Waals surface area (Å²) in [4.78, 5) is 0. The minimum absolute atomic E-state index is 0. The van der Waals surface area contributed by atoms with Crippen molar-refractivity contribution < 1.29 is 4.39 Å². The van der Waals surface area contributed by atoms with E-state index in [1.54, 1.807) is 0 Å². The highest BCUT2D eigenvalue weighted by atomic mass is 35.5. The lowest BCUT2D eigenvalue weighted by molar-refractivity contribution is 0.627. The third kappa shape index (κ3) is 1.76. The molecule has 1 saturated carbocycles. The Morgan fingerprint density at radius 2 is 1.75 bits per heavy atom. The number of hydrogen-bond acceptors (Lipinski definition) is 1. The SMILES string of the molecule is Cl.N[C@@H]1C[C@H]1c1ccc(F)cc1. The molecule has 0 bridgehead atoms. The minimum atomic E-state index is -0.178. The molecule has 1 aromatic rings. The summed E-state index contributed by atoms with van der Waals surface area (Å²) in [6.07, 6.45) is 1.05. The van der Waals surface area contributed by atoms with Gasteiger partial charge >= 0.3 is 0 Å². The molecule has 2 rings (SSSR count). The van der Waals surface area contributed by atoms with Crippen LogP contribution in [0.2, 0.25) is 0 Å². The van der Waals surface area contributed by atoms with Crippen LogP contribution in [0.15, 0.2) is 24.3 Å². The molecule has 0 unspecified atom stereocenters. The van der Waals surface area contributed by atoms with E-state index in [2.05, 4.69) is 0 Å². The van der Waals surface area contributed by atoms with Crippen LogP contribution < -0.4 is 5.73 Å². The van der Waals surface area contributed by atoms with Gasteiger partial charge < -0.3 is 5.73 Å². The quantitative estimate of drug-likeness (QED) is 0.716. The van der Waals surface area contributed by atoms with E-state index in [9.17, 15) is 4.39 Å². The molecule has 1 fully saturated rings. The van der Waals surface area contributed by atoms with Gasteiger partial charge in [0, 0.05) is 12.0 Å². The topological polar surface area (TPSA) is 26.0 Å². The fraction of sp³-hybridized carbons (Fsp3) is 0.333. The van der Waals surface area contributed by atoms with Crippen molar-refractivity contribution in [3.05, 3.63) is 35.6 Å². The van der Waals surface area contributed by atoms with Crippen LogP contribution in [0.3, 0.4) is 0 Å². The maximum absolute atomic E-state index is 12.4. The lowest BCUT2D eigenvalue weighted by Crippen LogP contribution is -2.00. The fourth-order valence-corrected chi connectivity index (χ4v) is 1.31. The Bertz CT molecular complexity index is 260. The van der Waals surface area contributed by atoms with E-state index >= 15 is 0 Å². The normalized spacial score (nSPS) is 26.2. The van der Waals surface area contributed by atoms with Crippen LogP contribution in [0.4, 0.5) is 4.39 Å². The van der Waals surface area contributed by atoms with Crippen molar-refractivity contribution in [3.63, 3.8) is 0 Å². The third-order valence-corrected chi connectivity index (χ3v) is 2.14. The molecular weight excluding hydrogens is 177 g/mol. The molecule has 0 aliphatic heterocycles. The summed E-state index contributed by atoms with van der Waals surface area (Å²) in [5.74, 6) is 0.304. The summed E-state index contributed by atoms with van der Waals surface area (Å²) in [6, 6.07) is 6.90. The number of hydrogen-bond donors (Lipinski definition) is 1. The van der Waals surface area contributed by atoms with Crippen molar-refractivity contribution in [2.75, 3.05) is 0 Å². The van der Waals surface area contributed by atoms with Gasteiger partial charge in [-0.25, -0.2) is 4.39 Å². The molecule has 66 valence electrons. The van der Waals surface area contributed by atoms with Crippen molar-refractivity contribution in [1.82, 2.24) is 0 Å². The molecule has 2 N–H and O–H groups in total. The average molecular weight is 188 g/mol. The van der Waals surface area contributed by atoms with Crippen molar-refractivity contribution in [2.24, 2.45) is 5.73 Å². The third-order valence-electron chi connectivity index (χ3n) is 2.14. The van der Waals surface area contributed by atoms with Crippen molar-refractivity contribution in [2.45, 2.75) is 18.4 Å². The van der Waals surface area contributed by atoms with Gasteiger partial charge in [-0.15, -0.1) is 12.4 Å². The predicted molar refractivity (Wildman–Crippen MR) is 49.0 cm³/mol. The average Bonchev–Trinajstić information content (AvgIpc) is 2.69. The molecule has 12 heavy (non-hydrogen) atoms. The molecule has 0 heterocycles. The zero-order chi connectivity index (χ0) is 7.84. The molecule has 1 aliphatic rings. The first-order valence-electron chi connectivity index (χ1n) is 3.78. The van der Waals surface area contributed by atoms with E-state index in [1.165, 1.54) is 17.7 Å². The molecule has 0 amide bonds. The smallest absolute Gasteiger partial charge is 0.123 e. The van der Waals surface area contributed by atoms with Gasteiger partial charge in [-0.2, -0.15) is 0 Å². The van der Waals surface area contributed by atoms with Gasteiger partial charge in [0.15, 0.2) is 0 Å². The Kier molecular flexibility index (Phi) is 2.70. The zero-order valence-corrected chi connectivity index (χ0v) is 7.35. The predicted octanol–water partition coefficient (Wildman–Crippen LogP) is 2.06. The fourth-order valence-electron chi connectivity index (χ4n) is 1.31. The van der Waals surface area contributed by atoms with Crippen molar-refractivity contribution in [1.29, 1.82) is 0 Å². The Hall–Kier alpha value is -0.600. The molecule has 1 nitrogen and oxygen atoms in total. The second-order valence-electron chi connectivity index (χ2n) is 3.06. The number of rotatable bonds is 1. The van der Waals surface area contributed by atoms with Crippen LogP contribution in [0.25, 0.3) is 0 Å². The van der Waals surface area contributed by atoms with Crippen LogP contribution in [0.5, 0.6) is 0 Å². The Labute approximate surface area is 77.2 Å². The first-order valence-corrected chi connectivity index (χ1v) is 3.78. The number of halogens is 2. The maximum atomic E-state index is 12.4. The molecule has 0 saturated heterocycles. The van der Waals surface area contributed by atoms with Crippen LogP contribution in [0, 0.1) is 5.82 Å². The Balaban J connectivity index is 0.000000720. The van der Waals surface area contributed by atoms with E-state index in [0.29, 0.717) is 12.0 Å². The van der Waals surface area contributed by atoms with Gasteiger partial charge in [-0.1, -0.05) is 12.1 Å². The lowest BCUT2D eigenvalue weighted by Gasteiger charge is -1.96. The van der Waals surface area contributed by atoms with Crippen LogP contribution in [0.1, 0.15) is 17.9 Å². The van der Waals surface area contributed by atoms with Gasteiger partial charge in [0.05, 0.1) is 0 Å². The van der Waals surface area contributed by atoms with E-state index in [-0.39, 0.29) is 18.2 Å². The zero-order valence-electron chi connectivity index (χ0n) is 6.53. The van der Waals surface area contributed by atoms with Gasteiger partial charge in [0.25, 0.3) is 0 Å².